The van der Waals surface area contributed by atoms with Crippen molar-refractivity contribution in [3.05, 3.63) is 0 Å². The van der Waals surface area contributed by atoms with Crippen LogP contribution in [0.25, 0.3) is 0 Å². The first-order chi connectivity index (χ1) is 8.78. The third-order valence-electron chi connectivity index (χ3n) is 4.85. The lowest BCUT2D eigenvalue weighted by Crippen LogP contribution is -2.44. The van der Waals surface area contributed by atoms with Gasteiger partial charge in [0.15, 0.2) is 0 Å². The average molecular weight is 252 g/mol. The molecule has 2 nitrogen and oxygen atoms in total. The number of nitrogens with zero attached hydrogens (tertiary/aromatic N) is 1. The summed E-state index contributed by atoms with van der Waals surface area (Å²) in [4.78, 5) is 2.77. The molecule has 1 aliphatic carbocycles. The van der Waals surface area contributed by atoms with E-state index in [4.69, 9.17) is 0 Å². The molecule has 1 saturated carbocycles. The second-order valence-corrected chi connectivity index (χ2v) is 6.67. The summed E-state index contributed by atoms with van der Waals surface area (Å²) in [6.45, 7) is 9.92. The molecule has 2 rings (SSSR count). The van der Waals surface area contributed by atoms with Crippen LogP contribution in [0.5, 0.6) is 0 Å². The SMILES string of the molecule is CCC1CCN(CC2CCCCC2)CC(C)CN1. The Kier molecular flexibility index (Phi) is 5.97. The molecule has 2 heteroatoms. The fourth-order valence-electron chi connectivity index (χ4n) is 3.65. The zero-order chi connectivity index (χ0) is 12.8. The lowest BCUT2D eigenvalue weighted by atomic mass is 9.88. The van der Waals surface area contributed by atoms with Gasteiger partial charge in [0, 0.05) is 19.1 Å². The van der Waals surface area contributed by atoms with Crippen LogP contribution in [0.15, 0.2) is 0 Å². The van der Waals surface area contributed by atoms with Crippen molar-refractivity contribution < 1.29 is 0 Å². The molecule has 2 unspecified atom stereocenters. The topological polar surface area (TPSA) is 15.3 Å². The lowest BCUT2D eigenvalue weighted by molar-refractivity contribution is 0.156. The van der Waals surface area contributed by atoms with E-state index >= 15 is 0 Å². The quantitative estimate of drug-likeness (QED) is 0.829. The standard InChI is InChI=1S/C16H32N2/c1-3-16-9-10-18(12-14(2)11-17-16)13-15-7-5-4-6-8-15/h14-17H,3-13H2,1-2H3. The van der Waals surface area contributed by atoms with Crippen LogP contribution >= 0.6 is 0 Å². The Morgan fingerprint density at radius 3 is 2.61 bits per heavy atom. The van der Waals surface area contributed by atoms with Crippen molar-refractivity contribution in [1.29, 1.82) is 0 Å². The second kappa shape index (κ2) is 7.49. The van der Waals surface area contributed by atoms with Gasteiger partial charge in [0.05, 0.1) is 0 Å². The van der Waals surface area contributed by atoms with Gasteiger partial charge in [-0.05, 0) is 50.6 Å². The summed E-state index contributed by atoms with van der Waals surface area (Å²) in [7, 11) is 0. The summed E-state index contributed by atoms with van der Waals surface area (Å²) in [5, 5.41) is 3.72. The molecule has 2 aliphatic rings. The van der Waals surface area contributed by atoms with E-state index in [1.165, 1.54) is 71.1 Å². The Balaban J connectivity index is 1.81. The molecule has 2 atom stereocenters. The van der Waals surface area contributed by atoms with Gasteiger partial charge < -0.3 is 10.2 Å². The highest BCUT2D eigenvalue weighted by Gasteiger charge is 2.21. The molecule has 0 aromatic heterocycles. The smallest absolute Gasteiger partial charge is 0.00767 e. The Hall–Kier alpha value is -0.0800. The third-order valence-corrected chi connectivity index (χ3v) is 4.85. The summed E-state index contributed by atoms with van der Waals surface area (Å²) in [6.07, 6.45) is 10.0. The van der Waals surface area contributed by atoms with Crippen LogP contribution in [0.3, 0.4) is 0 Å². The maximum atomic E-state index is 3.72. The number of hydrogen-bond donors (Lipinski definition) is 1. The molecular formula is C16H32N2. The Labute approximate surface area is 114 Å². The summed E-state index contributed by atoms with van der Waals surface area (Å²) in [6, 6.07) is 0.751. The largest absolute Gasteiger partial charge is 0.314 e. The van der Waals surface area contributed by atoms with Gasteiger partial charge in [0.2, 0.25) is 0 Å². The minimum Gasteiger partial charge on any atom is -0.314 e. The molecule has 0 aromatic rings. The summed E-state index contributed by atoms with van der Waals surface area (Å²) in [5.41, 5.74) is 0. The van der Waals surface area contributed by atoms with E-state index in [-0.39, 0.29) is 0 Å². The molecule has 1 saturated heterocycles. The summed E-state index contributed by atoms with van der Waals surface area (Å²) >= 11 is 0. The molecule has 0 bridgehead atoms. The number of rotatable bonds is 3. The van der Waals surface area contributed by atoms with Crippen LogP contribution in [0, 0.1) is 11.8 Å². The minimum atomic E-state index is 0.751. The van der Waals surface area contributed by atoms with E-state index in [1.54, 1.807) is 0 Å². The van der Waals surface area contributed by atoms with Gasteiger partial charge in [-0.3, -0.25) is 0 Å². The number of nitrogens with one attached hydrogen (secondary N) is 1. The molecule has 1 N–H and O–H groups in total. The highest BCUT2D eigenvalue weighted by Crippen LogP contribution is 2.25. The monoisotopic (exact) mass is 252 g/mol. The van der Waals surface area contributed by atoms with Gasteiger partial charge in [-0.2, -0.15) is 0 Å². The van der Waals surface area contributed by atoms with Gasteiger partial charge in [0.25, 0.3) is 0 Å². The van der Waals surface area contributed by atoms with Gasteiger partial charge in [-0.25, -0.2) is 0 Å². The van der Waals surface area contributed by atoms with Crippen molar-refractivity contribution in [2.45, 2.75) is 64.8 Å². The zero-order valence-corrected chi connectivity index (χ0v) is 12.5. The maximum Gasteiger partial charge on any atom is 0.00767 e. The molecule has 0 aromatic carbocycles. The van der Waals surface area contributed by atoms with Crippen LogP contribution in [-0.4, -0.2) is 37.1 Å². The van der Waals surface area contributed by atoms with E-state index in [0.717, 1.165) is 17.9 Å². The predicted octanol–water partition coefficient (Wildman–Crippen LogP) is 3.28. The summed E-state index contributed by atoms with van der Waals surface area (Å²) in [5.74, 6) is 1.81. The van der Waals surface area contributed by atoms with Crippen LogP contribution in [0.2, 0.25) is 0 Å². The molecule has 0 spiro atoms. The zero-order valence-electron chi connectivity index (χ0n) is 12.5. The normalized spacial score (nSPS) is 33.0. The highest BCUT2D eigenvalue weighted by atomic mass is 15.1. The van der Waals surface area contributed by atoms with Crippen molar-refractivity contribution in [3.63, 3.8) is 0 Å². The molecule has 0 radical (unpaired) electrons. The Morgan fingerprint density at radius 1 is 1.11 bits per heavy atom. The van der Waals surface area contributed by atoms with Crippen molar-refractivity contribution in [2.24, 2.45) is 11.8 Å². The van der Waals surface area contributed by atoms with E-state index < -0.39 is 0 Å². The van der Waals surface area contributed by atoms with Crippen LogP contribution < -0.4 is 5.32 Å². The van der Waals surface area contributed by atoms with Crippen molar-refractivity contribution >= 4 is 0 Å². The third kappa shape index (κ3) is 4.55. The fraction of sp³-hybridized carbons (Fsp3) is 1.00. The van der Waals surface area contributed by atoms with E-state index in [1.807, 2.05) is 0 Å². The maximum absolute atomic E-state index is 3.72. The Morgan fingerprint density at radius 2 is 1.89 bits per heavy atom. The average Bonchev–Trinajstić information content (AvgIpc) is 2.37. The van der Waals surface area contributed by atoms with Crippen LogP contribution in [0.4, 0.5) is 0 Å². The fourth-order valence-corrected chi connectivity index (χ4v) is 3.65. The van der Waals surface area contributed by atoms with E-state index in [9.17, 15) is 0 Å². The molecule has 1 heterocycles. The van der Waals surface area contributed by atoms with Gasteiger partial charge >= 0.3 is 0 Å². The summed E-state index contributed by atoms with van der Waals surface area (Å²) < 4.78 is 0. The van der Waals surface area contributed by atoms with Crippen molar-refractivity contribution in [1.82, 2.24) is 10.2 Å². The van der Waals surface area contributed by atoms with Gasteiger partial charge in [0.1, 0.15) is 0 Å². The van der Waals surface area contributed by atoms with Gasteiger partial charge in [-0.1, -0.05) is 33.1 Å². The molecule has 0 amide bonds. The molecule has 18 heavy (non-hydrogen) atoms. The van der Waals surface area contributed by atoms with Crippen molar-refractivity contribution in [2.75, 3.05) is 26.2 Å². The lowest BCUT2D eigenvalue weighted by Gasteiger charge is -2.35. The first-order valence-corrected chi connectivity index (χ1v) is 8.23. The molecule has 106 valence electrons. The van der Waals surface area contributed by atoms with Crippen LogP contribution in [0.1, 0.15) is 58.8 Å². The van der Waals surface area contributed by atoms with Crippen LogP contribution in [-0.2, 0) is 0 Å². The second-order valence-electron chi connectivity index (χ2n) is 6.67. The first-order valence-electron chi connectivity index (χ1n) is 8.23. The first kappa shape index (κ1) is 14.3. The van der Waals surface area contributed by atoms with Crippen molar-refractivity contribution in [3.8, 4) is 0 Å². The van der Waals surface area contributed by atoms with E-state index in [2.05, 4.69) is 24.1 Å². The van der Waals surface area contributed by atoms with Gasteiger partial charge in [-0.15, -0.1) is 0 Å². The minimum absolute atomic E-state index is 0.751. The molecular weight excluding hydrogens is 220 g/mol. The van der Waals surface area contributed by atoms with E-state index in [0.29, 0.717) is 0 Å². The number of hydrogen-bond acceptors (Lipinski definition) is 2. The molecule has 2 fully saturated rings. The molecule has 1 aliphatic heterocycles. The Bertz CT molecular complexity index is 223. The predicted molar refractivity (Wildman–Crippen MR) is 78.9 cm³/mol. The highest BCUT2D eigenvalue weighted by molar-refractivity contribution is 4.78.